The Morgan fingerprint density at radius 2 is 2.29 bits per heavy atom. The van der Waals surface area contributed by atoms with Crippen molar-refractivity contribution in [1.29, 1.82) is 0 Å². The molecule has 3 heterocycles. The molecule has 0 bridgehead atoms. The highest BCUT2D eigenvalue weighted by Crippen LogP contribution is 2.16. The van der Waals surface area contributed by atoms with Gasteiger partial charge in [-0.2, -0.15) is 4.98 Å². The molecule has 0 aliphatic carbocycles. The minimum absolute atomic E-state index is 0.477. The molecule has 0 N–H and O–H groups in total. The monoisotopic (exact) mass is 244 g/mol. The summed E-state index contributed by atoms with van der Waals surface area (Å²) in [6.07, 6.45) is 5.48. The van der Waals surface area contributed by atoms with E-state index in [0.717, 1.165) is 0 Å². The molecule has 0 saturated heterocycles. The van der Waals surface area contributed by atoms with E-state index in [-0.39, 0.29) is 0 Å². The van der Waals surface area contributed by atoms with E-state index in [1.165, 1.54) is 4.88 Å². The van der Waals surface area contributed by atoms with Crippen molar-refractivity contribution in [3.63, 3.8) is 0 Å². The molecular formula is C11H8N4OS. The van der Waals surface area contributed by atoms with Gasteiger partial charge in [-0.05, 0) is 11.4 Å². The van der Waals surface area contributed by atoms with E-state index in [4.69, 9.17) is 4.52 Å². The smallest absolute Gasteiger partial charge is 0.232 e. The number of hydrogen-bond acceptors (Lipinski definition) is 6. The van der Waals surface area contributed by atoms with Gasteiger partial charge < -0.3 is 4.52 Å². The first-order valence-corrected chi connectivity index (χ1v) is 5.91. The number of rotatable bonds is 3. The van der Waals surface area contributed by atoms with Crippen molar-refractivity contribution in [2.24, 2.45) is 0 Å². The van der Waals surface area contributed by atoms with Gasteiger partial charge in [0.25, 0.3) is 0 Å². The molecule has 6 heteroatoms. The third-order valence-corrected chi connectivity index (χ3v) is 3.04. The molecule has 84 valence electrons. The van der Waals surface area contributed by atoms with Crippen molar-refractivity contribution < 1.29 is 4.52 Å². The van der Waals surface area contributed by atoms with Gasteiger partial charge in [0.15, 0.2) is 0 Å². The van der Waals surface area contributed by atoms with Crippen molar-refractivity contribution in [2.45, 2.75) is 6.42 Å². The molecule has 0 atom stereocenters. The van der Waals surface area contributed by atoms with E-state index < -0.39 is 0 Å². The summed E-state index contributed by atoms with van der Waals surface area (Å²) in [4.78, 5) is 13.6. The van der Waals surface area contributed by atoms with Crippen LogP contribution in [0, 0.1) is 0 Å². The molecule has 0 unspecified atom stereocenters. The lowest BCUT2D eigenvalue weighted by Crippen LogP contribution is -1.87. The maximum absolute atomic E-state index is 5.17. The molecule has 3 aromatic rings. The first kappa shape index (κ1) is 10.1. The Labute approximate surface area is 101 Å². The fraction of sp³-hybridized carbons (Fsp3) is 0.0909. The molecule has 0 aromatic carbocycles. The van der Waals surface area contributed by atoms with Gasteiger partial charge in [0.1, 0.15) is 5.69 Å². The van der Waals surface area contributed by atoms with Crippen molar-refractivity contribution in [2.75, 3.05) is 0 Å². The minimum Gasteiger partial charge on any atom is -0.339 e. The zero-order valence-electron chi connectivity index (χ0n) is 8.78. The molecule has 17 heavy (non-hydrogen) atoms. The molecule has 0 spiro atoms. The predicted octanol–water partition coefficient (Wildman–Crippen LogP) is 2.18. The number of hydrogen-bond donors (Lipinski definition) is 0. The molecule has 0 amide bonds. The number of thiophene rings is 1. The standard InChI is InChI=1S/C11H8N4OS/c1-2-8(17-5-1)6-10-14-11(15-16-10)9-7-12-3-4-13-9/h1-5,7H,6H2. The second-order valence-electron chi connectivity index (χ2n) is 3.36. The van der Waals surface area contributed by atoms with Gasteiger partial charge in [0.05, 0.1) is 12.6 Å². The van der Waals surface area contributed by atoms with Crippen molar-refractivity contribution in [1.82, 2.24) is 20.1 Å². The van der Waals surface area contributed by atoms with Crippen molar-refractivity contribution >= 4 is 11.3 Å². The Bertz CT molecular complexity index is 591. The van der Waals surface area contributed by atoms with Crippen LogP contribution in [0.2, 0.25) is 0 Å². The molecule has 0 saturated carbocycles. The Balaban J connectivity index is 1.84. The van der Waals surface area contributed by atoms with Gasteiger partial charge in [-0.15, -0.1) is 11.3 Å². The maximum Gasteiger partial charge on any atom is 0.232 e. The van der Waals surface area contributed by atoms with Gasteiger partial charge in [-0.3, -0.25) is 4.98 Å². The summed E-state index contributed by atoms with van der Waals surface area (Å²) in [6.45, 7) is 0. The first-order chi connectivity index (χ1) is 8.42. The van der Waals surface area contributed by atoms with E-state index in [0.29, 0.717) is 23.8 Å². The van der Waals surface area contributed by atoms with Crippen molar-refractivity contribution in [3.05, 3.63) is 46.9 Å². The molecule has 0 radical (unpaired) electrons. The maximum atomic E-state index is 5.17. The van der Waals surface area contributed by atoms with E-state index in [1.807, 2.05) is 17.5 Å². The summed E-state index contributed by atoms with van der Waals surface area (Å²) in [5.41, 5.74) is 0.619. The summed E-state index contributed by atoms with van der Waals surface area (Å²) in [5.74, 6) is 1.07. The average Bonchev–Trinajstić information content (AvgIpc) is 3.02. The lowest BCUT2D eigenvalue weighted by molar-refractivity contribution is 0.386. The SMILES string of the molecule is c1csc(Cc2nc(-c3cnccn3)no2)c1. The molecule has 3 aromatic heterocycles. The van der Waals surface area contributed by atoms with Gasteiger partial charge >= 0.3 is 0 Å². The Morgan fingerprint density at radius 3 is 3.06 bits per heavy atom. The minimum atomic E-state index is 0.477. The quantitative estimate of drug-likeness (QED) is 0.706. The fourth-order valence-corrected chi connectivity index (χ4v) is 2.10. The van der Waals surface area contributed by atoms with Gasteiger partial charge in [0.2, 0.25) is 11.7 Å². The molecule has 3 rings (SSSR count). The average molecular weight is 244 g/mol. The Hall–Kier alpha value is -2.08. The second kappa shape index (κ2) is 4.42. The van der Waals surface area contributed by atoms with E-state index >= 15 is 0 Å². The highest BCUT2D eigenvalue weighted by Gasteiger charge is 2.10. The Morgan fingerprint density at radius 1 is 1.29 bits per heavy atom. The lowest BCUT2D eigenvalue weighted by Gasteiger charge is -1.89. The van der Waals surface area contributed by atoms with Crippen LogP contribution < -0.4 is 0 Å². The zero-order chi connectivity index (χ0) is 11.5. The number of nitrogens with zero attached hydrogens (tertiary/aromatic N) is 4. The van der Waals surface area contributed by atoms with E-state index in [2.05, 4.69) is 20.1 Å². The summed E-state index contributed by atoms with van der Waals surface area (Å²) in [5, 5.41) is 5.91. The third-order valence-electron chi connectivity index (χ3n) is 2.17. The topological polar surface area (TPSA) is 64.7 Å². The summed E-state index contributed by atoms with van der Waals surface area (Å²) < 4.78 is 5.17. The second-order valence-corrected chi connectivity index (χ2v) is 4.39. The summed E-state index contributed by atoms with van der Waals surface area (Å²) in [6, 6.07) is 4.04. The van der Waals surface area contributed by atoms with Crippen LogP contribution in [0.1, 0.15) is 10.8 Å². The molecule has 5 nitrogen and oxygen atoms in total. The molecule has 0 aliphatic rings. The van der Waals surface area contributed by atoms with Gasteiger partial charge in [0, 0.05) is 17.3 Å². The first-order valence-electron chi connectivity index (χ1n) is 5.03. The lowest BCUT2D eigenvalue weighted by atomic mass is 10.3. The predicted molar refractivity (Wildman–Crippen MR) is 62.4 cm³/mol. The largest absolute Gasteiger partial charge is 0.339 e. The van der Waals surface area contributed by atoms with Gasteiger partial charge in [-0.25, -0.2) is 4.98 Å². The van der Waals surface area contributed by atoms with Crippen LogP contribution in [0.4, 0.5) is 0 Å². The van der Waals surface area contributed by atoms with Crippen LogP contribution >= 0.6 is 11.3 Å². The van der Waals surface area contributed by atoms with Crippen LogP contribution in [0.3, 0.4) is 0 Å². The summed E-state index contributed by atoms with van der Waals surface area (Å²) in [7, 11) is 0. The van der Waals surface area contributed by atoms with E-state index in [1.54, 1.807) is 29.9 Å². The van der Waals surface area contributed by atoms with Crippen LogP contribution in [0.15, 0.2) is 40.6 Å². The van der Waals surface area contributed by atoms with Crippen molar-refractivity contribution in [3.8, 4) is 11.5 Å². The molecule has 0 aliphatic heterocycles. The molecule has 0 fully saturated rings. The van der Waals surface area contributed by atoms with Crippen LogP contribution in [-0.4, -0.2) is 20.1 Å². The Kier molecular flexibility index (Phi) is 2.63. The van der Waals surface area contributed by atoms with Crippen LogP contribution in [0.5, 0.6) is 0 Å². The molecular weight excluding hydrogens is 236 g/mol. The highest BCUT2D eigenvalue weighted by atomic mass is 32.1. The van der Waals surface area contributed by atoms with Crippen LogP contribution in [-0.2, 0) is 6.42 Å². The zero-order valence-corrected chi connectivity index (χ0v) is 9.59. The fourth-order valence-electron chi connectivity index (χ4n) is 1.41. The van der Waals surface area contributed by atoms with Crippen LogP contribution in [0.25, 0.3) is 11.5 Å². The summed E-state index contributed by atoms with van der Waals surface area (Å²) >= 11 is 1.67. The normalized spacial score (nSPS) is 10.6. The number of aromatic nitrogens is 4. The van der Waals surface area contributed by atoms with Gasteiger partial charge in [-0.1, -0.05) is 11.2 Å². The highest BCUT2D eigenvalue weighted by molar-refractivity contribution is 7.09. The van der Waals surface area contributed by atoms with E-state index in [9.17, 15) is 0 Å². The third kappa shape index (κ3) is 2.21.